The molecule has 0 saturated heterocycles. The van der Waals surface area contributed by atoms with Crippen LogP contribution in [-0.2, 0) is 4.74 Å². The monoisotopic (exact) mass is 215 g/mol. The summed E-state index contributed by atoms with van der Waals surface area (Å²) in [7, 11) is 1.68. The summed E-state index contributed by atoms with van der Waals surface area (Å²) < 4.78 is 5.00. The van der Waals surface area contributed by atoms with Crippen molar-refractivity contribution in [2.24, 2.45) is 5.73 Å². The zero-order valence-corrected chi connectivity index (χ0v) is 10.6. The second-order valence-corrected chi connectivity index (χ2v) is 4.39. The molecule has 0 bridgehead atoms. The van der Waals surface area contributed by atoms with Crippen LogP contribution in [0, 0.1) is 0 Å². The quantitative estimate of drug-likeness (QED) is 0.420. The molecular weight excluding hydrogens is 186 g/mol. The smallest absolute Gasteiger partial charge is 0.105 e. The zero-order valence-electron chi connectivity index (χ0n) is 10.6. The van der Waals surface area contributed by atoms with E-state index < -0.39 is 0 Å². The average Bonchev–Trinajstić information content (AvgIpc) is 2.26. The lowest BCUT2D eigenvalue weighted by Gasteiger charge is -2.08. The maximum Gasteiger partial charge on any atom is 0.105 e. The van der Waals surface area contributed by atoms with Crippen LogP contribution in [0.5, 0.6) is 0 Å². The number of nitrogens with two attached hydrogens (primary N) is 1. The molecule has 1 unspecified atom stereocenters. The van der Waals surface area contributed by atoms with E-state index in [1.165, 1.54) is 57.8 Å². The van der Waals surface area contributed by atoms with E-state index >= 15 is 0 Å². The number of ether oxygens (including phenoxy) is 1. The highest BCUT2D eigenvalue weighted by Gasteiger charge is 1.98. The Labute approximate surface area is 95.6 Å². The Bertz CT molecular complexity index is 117. The first-order valence-corrected chi connectivity index (χ1v) is 6.59. The third kappa shape index (κ3) is 11.8. The predicted octanol–water partition coefficient (Wildman–Crippen LogP) is 3.84. The summed E-state index contributed by atoms with van der Waals surface area (Å²) in [6.07, 6.45) is 13.2. The number of hydrogen-bond acceptors (Lipinski definition) is 2. The first-order chi connectivity index (χ1) is 7.31. The van der Waals surface area contributed by atoms with Crippen LogP contribution >= 0.6 is 0 Å². The first-order valence-electron chi connectivity index (χ1n) is 6.59. The SMILES string of the molecule is CCCCCCCCCCCC(N)OC. The van der Waals surface area contributed by atoms with Crippen molar-refractivity contribution in [1.29, 1.82) is 0 Å². The Morgan fingerprint density at radius 2 is 1.33 bits per heavy atom. The van der Waals surface area contributed by atoms with Gasteiger partial charge in [0, 0.05) is 7.11 Å². The third-order valence-electron chi connectivity index (χ3n) is 2.89. The maximum atomic E-state index is 5.65. The van der Waals surface area contributed by atoms with E-state index in [-0.39, 0.29) is 6.23 Å². The predicted molar refractivity (Wildman–Crippen MR) is 66.8 cm³/mol. The van der Waals surface area contributed by atoms with Crippen molar-refractivity contribution in [2.45, 2.75) is 77.4 Å². The van der Waals surface area contributed by atoms with E-state index in [9.17, 15) is 0 Å². The molecule has 0 fully saturated rings. The van der Waals surface area contributed by atoms with Gasteiger partial charge in [0.15, 0.2) is 0 Å². The lowest BCUT2D eigenvalue weighted by atomic mass is 10.1. The third-order valence-corrected chi connectivity index (χ3v) is 2.89. The number of unbranched alkanes of at least 4 members (excludes halogenated alkanes) is 8. The minimum absolute atomic E-state index is 0.0467. The standard InChI is InChI=1S/C13H29NO/c1-3-4-5-6-7-8-9-10-11-12-13(14)15-2/h13H,3-12,14H2,1-2H3. The van der Waals surface area contributed by atoms with Gasteiger partial charge in [0.1, 0.15) is 6.23 Å². The van der Waals surface area contributed by atoms with Crippen molar-refractivity contribution in [2.75, 3.05) is 7.11 Å². The van der Waals surface area contributed by atoms with Crippen LogP contribution in [0.1, 0.15) is 71.1 Å². The normalized spacial score (nSPS) is 13.0. The van der Waals surface area contributed by atoms with E-state index in [2.05, 4.69) is 6.92 Å². The first kappa shape index (κ1) is 14.9. The van der Waals surface area contributed by atoms with Gasteiger partial charge in [0.25, 0.3) is 0 Å². The topological polar surface area (TPSA) is 35.2 Å². The van der Waals surface area contributed by atoms with Gasteiger partial charge in [-0.25, -0.2) is 0 Å². The molecule has 0 amide bonds. The molecule has 1 atom stereocenters. The zero-order chi connectivity index (χ0) is 11.4. The van der Waals surface area contributed by atoms with E-state index in [0.29, 0.717) is 0 Å². The van der Waals surface area contributed by atoms with Crippen LogP contribution in [0.25, 0.3) is 0 Å². The van der Waals surface area contributed by atoms with Crippen molar-refractivity contribution >= 4 is 0 Å². The van der Waals surface area contributed by atoms with Crippen molar-refractivity contribution in [1.82, 2.24) is 0 Å². The lowest BCUT2D eigenvalue weighted by molar-refractivity contribution is 0.0983. The molecule has 0 saturated carbocycles. The molecule has 15 heavy (non-hydrogen) atoms. The van der Waals surface area contributed by atoms with E-state index in [1.54, 1.807) is 7.11 Å². The molecule has 0 rings (SSSR count). The number of methoxy groups -OCH3 is 1. The molecule has 0 aromatic carbocycles. The summed E-state index contributed by atoms with van der Waals surface area (Å²) in [4.78, 5) is 0. The number of rotatable bonds is 11. The van der Waals surface area contributed by atoms with Gasteiger partial charge in [0.2, 0.25) is 0 Å². The van der Waals surface area contributed by atoms with Gasteiger partial charge < -0.3 is 10.5 Å². The molecule has 0 spiro atoms. The Morgan fingerprint density at radius 3 is 1.80 bits per heavy atom. The molecule has 0 aliphatic heterocycles. The summed E-state index contributed by atoms with van der Waals surface area (Å²) in [5, 5.41) is 0. The fourth-order valence-electron chi connectivity index (χ4n) is 1.77. The molecule has 0 heterocycles. The van der Waals surface area contributed by atoms with Gasteiger partial charge in [-0.1, -0.05) is 58.3 Å². The molecule has 0 radical (unpaired) electrons. The largest absolute Gasteiger partial charge is 0.367 e. The summed E-state index contributed by atoms with van der Waals surface area (Å²) >= 11 is 0. The summed E-state index contributed by atoms with van der Waals surface area (Å²) in [6, 6.07) is 0. The van der Waals surface area contributed by atoms with Gasteiger partial charge >= 0.3 is 0 Å². The van der Waals surface area contributed by atoms with Crippen LogP contribution < -0.4 is 5.73 Å². The Balaban J connectivity index is 2.92. The van der Waals surface area contributed by atoms with Crippen LogP contribution in [0.15, 0.2) is 0 Å². The van der Waals surface area contributed by atoms with Gasteiger partial charge in [-0.15, -0.1) is 0 Å². The fraction of sp³-hybridized carbons (Fsp3) is 1.00. The molecule has 0 aromatic heterocycles. The second kappa shape index (κ2) is 12.0. The van der Waals surface area contributed by atoms with Gasteiger partial charge in [-0.05, 0) is 12.8 Å². The minimum Gasteiger partial charge on any atom is -0.367 e. The summed E-state index contributed by atoms with van der Waals surface area (Å²) in [5.41, 5.74) is 5.65. The summed E-state index contributed by atoms with van der Waals surface area (Å²) in [5.74, 6) is 0. The Morgan fingerprint density at radius 1 is 0.867 bits per heavy atom. The van der Waals surface area contributed by atoms with Gasteiger partial charge in [-0.2, -0.15) is 0 Å². The molecule has 0 aromatic rings. The molecule has 92 valence electrons. The lowest BCUT2D eigenvalue weighted by Crippen LogP contribution is -2.21. The van der Waals surface area contributed by atoms with E-state index in [1.807, 2.05) is 0 Å². The van der Waals surface area contributed by atoms with Crippen LogP contribution in [0.3, 0.4) is 0 Å². The van der Waals surface area contributed by atoms with Gasteiger partial charge in [-0.3, -0.25) is 0 Å². The highest BCUT2D eigenvalue weighted by Crippen LogP contribution is 2.10. The van der Waals surface area contributed by atoms with Crippen LogP contribution in [-0.4, -0.2) is 13.3 Å². The molecule has 0 aliphatic rings. The Hall–Kier alpha value is -0.0800. The minimum atomic E-state index is -0.0467. The van der Waals surface area contributed by atoms with Crippen molar-refractivity contribution < 1.29 is 4.74 Å². The van der Waals surface area contributed by atoms with Crippen LogP contribution in [0.4, 0.5) is 0 Å². The number of hydrogen-bond donors (Lipinski definition) is 1. The van der Waals surface area contributed by atoms with Crippen molar-refractivity contribution in [3.63, 3.8) is 0 Å². The molecule has 0 aliphatic carbocycles. The molecular formula is C13H29NO. The van der Waals surface area contributed by atoms with Crippen molar-refractivity contribution in [3.05, 3.63) is 0 Å². The van der Waals surface area contributed by atoms with Crippen molar-refractivity contribution in [3.8, 4) is 0 Å². The second-order valence-electron chi connectivity index (χ2n) is 4.39. The highest BCUT2D eigenvalue weighted by molar-refractivity contribution is 4.50. The Kier molecular flexibility index (Phi) is 11.9. The summed E-state index contributed by atoms with van der Waals surface area (Å²) in [6.45, 7) is 2.26. The van der Waals surface area contributed by atoms with Gasteiger partial charge in [0.05, 0.1) is 0 Å². The average molecular weight is 215 g/mol. The van der Waals surface area contributed by atoms with E-state index in [0.717, 1.165) is 6.42 Å². The molecule has 2 nitrogen and oxygen atoms in total. The molecule has 2 heteroatoms. The maximum absolute atomic E-state index is 5.65. The highest BCUT2D eigenvalue weighted by atomic mass is 16.5. The van der Waals surface area contributed by atoms with E-state index in [4.69, 9.17) is 10.5 Å². The fourth-order valence-corrected chi connectivity index (χ4v) is 1.77. The molecule has 2 N–H and O–H groups in total. The van der Waals surface area contributed by atoms with Crippen LogP contribution in [0.2, 0.25) is 0 Å².